The van der Waals surface area contributed by atoms with Gasteiger partial charge in [0.15, 0.2) is 5.82 Å². The van der Waals surface area contributed by atoms with E-state index in [1.54, 1.807) is 0 Å². The number of hydrogen-bond acceptors (Lipinski definition) is 5. The number of anilines is 2. The standard InChI is InChI=1S/C15H19ClN4O/c1-3-7-21-15-13(17)14(18-9-19-15)20-10(2)11-5-4-6-12(16)8-11/h4-6,8-10H,3,7,17H2,1-2H3,(H,18,19,20). The zero-order valence-corrected chi connectivity index (χ0v) is 12.9. The predicted molar refractivity (Wildman–Crippen MR) is 85.7 cm³/mol. The third-order valence-corrected chi connectivity index (χ3v) is 3.23. The van der Waals surface area contributed by atoms with E-state index in [-0.39, 0.29) is 6.04 Å². The summed E-state index contributed by atoms with van der Waals surface area (Å²) in [5.41, 5.74) is 7.51. The van der Waals surface area contributed by atoms with Crippen LogP contribution in [0.1, 0.15) is 31.9 Å². The molecular formula is C15H19ClN4O. The van der Waals surface area contributed by atoms with E-state index in [9.17, 15) is 0 Å². The highest BCUT2D eigenvalue weighted by molar-refractivity contribution is 6.30. The van der Waals surface area contributed by atoms with Gasteiger partial charge >= 0.3 is 0 Å². The minimum Gasteiger partial charge on any atom is -0.476 e. The topological polar surface area (TPSA) is 73.1 Å². The smallest absolute Gasteiger partial charge is 0.242 e. The summed E-state index contributed by atoms with van der Waals surface area (Å²) in [7, 11) is 0. The molecule has 1 aromatic carbocycles. The van der Waals surface area contributed by atoms with Crippen molar-refractivity contribution in [2.45, 2.75) is 26.3 Å². The summed E-state index contributed by atoms with van der Waals surface area (Å²) in [5.74, 6) is 0.969. The van der Waals surface area contributed by atoms with Crippen LogP contribution in [0, 0.1) is 0 Å². The summed E-state index contributed by atoms with van der Waals surface area (Å²) in [4.78, 5) is 8.23. The number of halogens is 1. The van der Waals surface area contributed by atoms with Crippen molar-refractivity contribution < 1.29 is 4.74 Å². The van der Waals surface area contributed by atoms with Gasteiger partial charge in [-0.25, -0.2) is 4.98 Å². The molecule has 0 saturated carbocycles. The van der Waals surface area contributed by atoms with Gasteiger partial charge in [-0.3, -0.25) is 0 Å². The van der Waals surface area contributed by atoms with Gasteiger partial charge in [-0.15, -0.1) is 0 Å². The maximum atomic E-state index is 6.04. The first-order chi connectivity index (χ1) is 10.1. The van der Waals surface area contributed by atoms with E-state index >= 15 is 0 Å². The number of nitrogen functional groups attached to an aromatic ring is 1. The Kier molecular flexibility index (Phi) is 5.22. The molecule has 0 aliphatic carbocycles. The lowest BCUT2D eigenvalue weighted by atomic mass is 10.1. The van der Waals surface area contributed by atoms with Crippen molar-refractivity contribution in [2.24, 2.45) is 0 Å². The molecule has 21 heavy (non-hydrogen) atoms. The molecule has 1 heterocycles. The van der Waals surface area contributed by atoms with Gasteiger partial charge in [0, 0.05) is 5.02 Å². The van der Waals surface area contributed by atoms with Crippen LogP contribution in [0.2, 0.25) is 5.02 Å². The number of benzene rings is 1. The first kappa shape index (κ1) is 15.4. The fourth-order valence-electron chi connectivity index (χ4n) is 1.87. The zero-order valence-electron chi connectivity index (χ0n) is 12.1. The highest BCUT2D eigenvalue weighted by Crippen LogP contribution is 2.28. The molecule has 1 unspecified atom stereocenters. The van der Waals surface area contributed by atoms with Crippen molar-refractivity contribution in [3.8, 4) is 5.88 Å². The highest BCUT2D eigenvalue weighted by atomic mass is 35.5. The fourth-order valence-corrected chi connectivity index (χ4v) is 2.07. The van der Waals surface area contributed by atoms with E-state index in [0.29, 0.717) is 29.0 Å². The summed E-state index contributed by atoms with van der Waals surface area (Å²) < 4.78 is 5.50. The Labute approximate surface area is 129 Å². The summed E-state index contributed by atoms with van der Waals surface area (Å²) in [5, 5.41) is 3.95. The second-order valence-corrected chi connectivity index (χ2v) is 5.15. The average Bonchev–Trinajstić information content (AvgIpc) is 2.48. The molecule has 5 nitrogen and oxygen atoms in total. The normalized spacial score (nSPS) is 12.0. The Bertz CT molecular complexity index is 606. The monoisotopic (exact) mass is 306 g/mol. The Hall–Kier alpha value is -2.01. The maximum Gasteiger partial charge on any atom is 0.242 e. The van der Waals surface area contributed by atoms with Crippen LogP contribution in [0.4, 0.5) is 11.5 Å². The maximum absolute atomic E-state index is 6.04. The number of ether oxygens (including phenoxy) is 1. The molecule has 3 N–H and O–H groups in total. The van der Waals surface area contributed by atoms with Crippen LogP contribution in [-0.4, -0.2) is 16.6 Å². The molecule has 2 rings (SSSR count). The second-order valence-electron chi connectivity index (χ2n) is 4.71. The van der Waals surface area contributed by atoms with Gasteiger partial charge in [-0.05, 0) is 31.0 Å². The SMILES string of the molecule is CCCOc1ncnc(NC(C)c2cccc(Cl)c2)c1N. The van der Waals surface area contributed by atoms with Crippen molar-refractivity contribution in [1.82, 2.24) is 9.97 Å². The van der Waals surface area contributed by atoms with Gasteiger partial charge < -0.3 is 15.8 Å². The molecule has 112 valence electrons. The Morgan fingerprint density at radius 3 is 2.90 bits per heavy atom. The molecule has 6 heteroatoms. The van der Waals surface area contributed by atoms with Crippen LogP contribution in [0.15, 0.2) is 30.6 Å². The molecule has 0 aliphatic rings. The number of nitrogens with two attached hydrogens (primary N) is 1. The lowest BCUT2D eigenvalue weighted by Crippen LogP contribution is -2.11. The molecule has 0 spiro atoms. The molecule has 0 saturated heterocycles. The number of rotatable bonds is 6. The average molecular weight is 307 g/mol. The molecule has 1 aromatic heterocycles. The largest absolute Gasteiger partial charge is 0.476 e. The van der Waals surface area contributed by atoms with E-state index in [4.69, 9.17) is 22.1 Å². The molecule has 1 atom stereocenters. The lowest BCUT2D eigenvalue weighted by molar-refractivity contribution is 0.306. The molecule has 0 fully saturated rings. The molecule has 0 radical (unpaired) electrons. The van der Waals surface area contributed by atoms with Crippen LogP contribution < -0.4 is 15.8 Å². The van der Waals surface area contributed by atoms with Gasteiger partial charge in [0.2, 0.25) is 5.88 Å². The first-order valence-corrected chi connectivity index (χ1v) is 7.25. The number of hydrogen-bond donors (Lipinski definition) is 2. The third-order valence-electron chi connectivity index (χ3n) is 2.99. The Morgan fingerprint density at radius 2 is 2.19 bits per heavy atom. The Balaban J connectivity index is 2.15. The molecular weight excluding hydrogens is 288 g/mol. The van der Waals surface area contributed by atoms with Crippen molar-refractivity contribution in [2.75, 3.05) is 17.7 Å². The van der Waals surface area contributed by atoms with Crippen LogP contribution >= 0.6 is 11.6 Å². The quantitative estimate of drug-likeness (QED) is 0.851. The summed E-state index contributed by atoms with van der Waals surface area (Å²) >= 11 is 6.01. The van der Waals surface area contributed by atoms with Crippen molar-refractivity contribution >= 4 is 23.1 Å². The molecule has 0 bridgehead atoms. The van der Waals surface area contributed by atoms with Crippen LogP contribution in [0.5, 0.6) is 5.88 Å². The van der Waals surface area contributed by atoms with Crippen molar-refractivity contribution in [3.63, 3.8) is 0 Å². The van der Waals surface area contributed by atoms with Gasteiger partial charge in [0.05, 0.1) is 12.6 Å². The number of nitrogens with zero attached hydrogens (tertiary/aromatic N) is 2. The van der Waals surface area contributed by atoms with Gasteiger partial charge in [-0.1, -0.05) is 30.7 Å². The van der Waals surface area contributed by atoms with Gasteiger partial charge in [0.1, 0.15) is 12.0 Å². The van der Waals surface area contributed by atoms with E-state index in [1.165, 1.54) is 6.33 Å². The van der Waals surface area contributed by atoms with E-state index in [2.05, 4.69) is 15.3 Å². The number of aromatic nitrogens is 2. The van der Waals surface area contributed by atoms with Crippen LogP contribution in [0.3, 0.4) is 0 Å². The van der Waals surface area contributed by atoms with Crippen LogP contribution in [-0.2, 0) is 0 Å². The first-order valence-electron chi connectivity index (χ1n) is 6.87. The third kappa shape index (κ3) is 3.98. The zero-order chi connectivity index (χ0) is 15.2. The van der Waals surface area contributed by atoms with Crippen LogP contribution in [0.25, 0.3) is 0 Å². The summed E-state index contributed by atoms with van der Waals surface area (Å²) in [6.07, 6.45) is 2.33. The van der Waals surface area contributed by atoms with E-state index in [0.717, 1.165) is 12.0 Å². The van der Waals surface area contributed by atoms with Gasteiger partial charge in [-0.2, -0.15) is 4.98 Å². The summed E-state index contributed by atoms with van der Waals surface area (Å²) in [6, 6.07) is 7.67. The van der Waals surface area contributed by atoms with E-state index < -0.39 is 0 Å². The Morgan fingerprint density at radius 1 is 1.38 bits per heavy atom. The predicted octanol–water partition coefficient (Wildman–Crippen LogP) is 3.67. The molecule has 0 aliphatic heterocycles. The fraction of sp³-hybridized carbons (Fsp3) is 0.333. The van der Waals surface area contributed by atoms with Crippen molar-refractivity contribution in [3.05, 3.63) is 41.2 Å². The van der Waals surface area contributed by atoms with E-state index in [1.807, 2.05) is 38.1 Å². The van der Waals surface area contributed by atoms with Crippen molar-refractivity contribution in [1.29, 1.82) is 0 Å². The molecule has 2 aromatic rings. The second kappa shape index (κ2) is 7.13. The molecule has 0 amide bonds. The number of nitrogens with one attached hydrogen (secondary N) is 1. The highest BCUT2D eigenvalue weighted by Gasteiger charge is 2.12. The minimum atomic E-state index is 0.0138. The lowest BCUT2D eigenvalue weighted by Gasteiger charge is -2.17. The minimum absolute atomic E-state index is 0.0138. The summed E-state index contributed by atoms with van der Waals surface area (Å²) in [6.45, 7) is 4.61. The van der Waals surface area contributed by atoms with Gasteiger partial charge in [0.25, 0.3) is 0 Å².